The van der Waals surface area contributed by atoms with E-state index >= 15 is 0 Å². The molecule has 0 fully saturated rings. The molecule has 5 heteroatoms. The van der Waals surface area contributed by atoms with Crippen LogP contribution in [-0.4, -0.2) is 18.0 Å². The lowest BCUT2D eigenvalue weighted by molar-refractivity contribution is 0.104. The number of benzene rings is 1. The van der Waals surface area contributed by atoms with E-state index in [1.165, 1.54) is 12.3 Å². The van der Waals surface area contributed by atoms with Crippen molar-refractivity contribution < 1.29 is 14.1 Å². The molecule has 0 aliphatic carbocycles. The third-order valence-electron chi connectivity index (χ3n) is 2.47. The van der Waals surface area contributed by atoms with Crippen LogP contribution in [0.4, 0.5) is 5.82 Å². The number of nitrogens with one attached hydrogen (secondary N) is 1. The normalized spacial score (nSPS) is 10.6. The van der Waals surface area contributed by atoms with Gasteiger partial charge in [0.2, 0.25) is 0 Å². The first-order valence-corrected chi connectivity index (χ1v) is 5.74. The number of hydrogen-bond donors (Lipinski definition) is 1. The topological polar surface area (TPSA) is 64.4 Å². The van der Waals surface area contributed by atoms with Crippen LogP contribution >= 0.6 is 0 Å². The van der Waals surface area contributed by atoms with Crippen LogP contribution in [0.1, 0.15) is 16.1 Å². The Morgan fingerprint density at radius 1 is 1.37 bits per heavy atom. The average molecular weight is 258 g/mol. The smallest absolute Gasteiger partial charge is 0.187 e. The maximum atomic E-state index is 11.8. The number of anilines is 1. The highest BCUT2D eigenvalue weighted by atomic mass is 16.5. The van der Waals surface area contributed by atoms with Crippen molar-refractivity contribution in [1.29, 1.82) is 0 Å². The van der Waals surface area contributed by atoms with E-state index < -0.39 is 0 Å². The van der Waals surface area contributed by atoms with Crippen LogP contribution < -0.4 is 10.1 Å². The quantitative estimate of drug-likeness (QED) is 0.660. The first-order chi connectivity index (χ1) is 9.19. The van der Waals surface area contributed by atoms with Crippen LogP contribution in [0, 0.1) is 6.92 Å². The summed E-state index contributed by atoms with van der Waals surface area (Å²) in [6.07, 6.45) is 2.97. The van der Waals surface area contributed by atoms with E-state index in [0.29, 0.717) is 17.1 Å². The Hall–Kier alpha value is -2.56. The van der Waals surface area contributed by atoms with E-state index in [4.69, 9.17) is 9.26 Å². The molecule has 0 spiro atoms. The second kappa shape index (κ2) is 5.86. The van der Waals surface area contributed by atoms with Gasteiger partial charge in [0.05, 0.1) is 7.11 Å². The molecule has 1 aromatic heterocycles. The Kier molecular flexibility index (Phi) is 3.97. The van der Waals surface area contributed by atoms with Crippen LogP contribution in [0.25, 0.3) is 0 Å². The van der Waals surface area contributed by atoms with Gasteiger partial charge in [0.25, 0.3) is 0 Å². The number of carbonyl (C=O) groups excluding carboxylic acids is 1. The highest BCUT2D eigenvalue weighted by molar-refractivity contribution is 6.04. The summed E-state index contributed by atoms with van der Waals surface area (Å²) < 4.78 is 9.92. The van der Waals surface area contributed by atoms with E-state index in [1.54, 1.807) is 44.4 Å². The van der Waals surface area contributed by atoms with Crippen molar-refractivity contribution >= 4 is 11.6 Å². The molecule has 19 heavy (non-hydrogen) atoms. The number of hydrogen-bond acceptors (Lipinski definition) is 5. The van der Waals surface area contributed by atoms with Crippen molar-refractivity contribution in [2.24, 2.45) is 0 Å². The Labute approximate surface area is 110 Å². The van der Waals surface area contributed by atoms with Gasteiger partial charge in [0.15, 0.2) is 11.6 Å². The fraction of sp³-hybridized carbons (Fsp3) is 0.143. The fourth-order valence-corrected chi connectivity index (χ4v) is 1.49. The Bertz CT molecular complexity index is 585. The summed E-state index contributed by atoms with van der Waals surface area (Å²) in [7, 11) is 1.58. The number of aromatic nitrogens is 1. The minimum absolute atomic E-state index is 0.102. The van der Waals surface area contributed by atoms with Crippen LogP contribution in [0.5, 0.6) is 5.75 Å². The number of ether oxygens (including phenoxy) is 1. The predicted molar refractivity (Wildman–Crippen MR) is 71.3 cm³/mol. The highest BCUT2D eigenvalue weighted by Crippen LogP contribution is 2.12. The molecule has 0 bridgehead atoms. The molecule has 1 N–H and O–H groups in total. The molecule has 98 valence electrons. The minimum atomic E-state index is -0.102. The fourth-order valence-electron chi connectivity index (χ4n) is 1.49. The van der Waals surface area contributed by atoms with E-state index in [9.17, 15) is 4.79 Å². The Balaban J connectivity index is 1.96. The zero-order valence-corrected chi connectivity index (χ0v) is 10.7. The van der Waals surface area contributed by atoms with Crippen molar-refractivity contribution in [2.45, 2.75) is 6.92 Å². The second-order valence-electron chi connectivity index (χ2n) is 3.89. The van der Waals surface area contributed by atoms with Crippen molar-refractivity contribution in [3.63, 3.8) is 0 Å². The molecule has 0 saturated carbocycles. The summed E-state index contributed by atoms with van der Waals surface area (Å²) in [6, 6.07) is 8.66. The maximum Gasteiger partial charge on any atom is 0.187 e. The van der Waals surface area contributed by atoms with E-state index in [0.717, 1.165) is 5.75 Å². The SMILES string of the molecule is COc1ccc(C(=O)/C=C\Nc2cc(C)on2)cc1. The molecule has 0 radical (unpaired) electrons. The predicted octanol–water partition coefficient (Wildman–Crippen LogP) is 2.80. The van der Waals surface area contributed by atoms with Crippen LogP contribution in [0.3, 0.4) is 0 Å². The van der Waals surface area contributed by atoms with Gasteiger partial charge in [-0.15, -0.1) is 0 Å². The molecule has 1 heterocycles. The lowest BCUT2D eigenvalue weighted by Gasteiger charge is -2.00. The molecule has 0 unspecified atom stereocenters. The number of allylic oxidation sites excluding steroid dienone is 1. The van der Waals surface area contributed by atoms with E-state index in [1.807, 2.05) is 0 Å². The number of methoxy groups -OCH3 is 1. The number of ketones is 1. The number of nitrogens with zero attached hydrogens (tertiary/aromatic N) is 1. The summed E-state index contributed by atoms with van der Waals surface area (Å²) >= 11 is 0. The standard InChI is InChI=1S/C14H14N2O3/c1-10-9-14(16-19-10)15-8-7-13(17)11-3-5-12(18-2)6-4-11/h3-9H,1-2H3,(H,15,16)/b8-7-. The lowest BCUT2D eigenvalue weighted by atomic mass is 10.1. The number of aryl methyl sites for hydroxylation is 1. The third-order valence-corrected chi connectivity index (χ3v) is 2.47. The Morgan fingerprint density at radius 2 is 2.11 bits per heavy atom. The molecule has 0 saturated heterocycles. The molecule has 0 aliphatic heterocycles. The Morgan fingerprint density at radius 3 is 2.68 bits per heavy atom. The van der Waals surface area contributed by atoms with Crippen LogP contribution in [-0.2, 0) is 0 Å². The molecule has 1 aromatic carbocycles. The first-order valence-electron chi connectivity index (χ1n) is 5.74. The zero-order valence-electron chi connectivity index (χ0n) is 10.7. The third kappa shape index (κ3) is 3.45. The summed E-state index contributed by atoms with van der Waals surface area (Å²) in [5.41, 5.74) is 0.593. The monoisotopic (exact) mass is 258 g/mol. The molecular formula is C14H14N2O3. The van der Waals surface area contributed by atoms with E-state index in [2.05, 4.69) is 10.5 Å². The van der Waals surface area contributed by atoms with Gasteiger partial charge in [-0.1, -0.05) is 5.16 Å². The summed E-state index contributed by atoms with van der Waals surface area (Å²) in [5, 5.41) is 6.60. The van der Waals surface area contributed by atoms with Crippen LogP contribution in [0.2, 0.25) is 0 Å². The second-order valence-corrected chi connectivity index (χ2v) is 3.89. The van der Waals surface area contributed by atoms with Gasteiger partial charge in [-0.3, -0.25) is 4.79 Å². The van der Waals surface area contributed by atoms with Gasteiger partial charge in [-0.05, 0) is 31.2 Å². The highest BCUT2D eigenvalue weighted by Gasteiger charge is 2.02. The maximum absolute atomic E-state index is 11.8. The summed E-state index contributed by atoms with van der Waals surface area (Å²) in [5.74, 6) is 1.89. The minimum Gasteiger partial charge on any atom is -0.497 e. The first kappa shape index (κ1) is 12.9. The molecule has 5 nitrogen and oxygen atoms in total. The summed E-state index contributed by atoms with van der Waals surface area (Å²) in [6.45, 7) is 1.80. The average Bonchev–Trinajstić information content (AvgIpc) is 2.84. The molecule has 0 aliphatic rings. The van der Waals surface area contributed by atoms with Crippen molar-refractivity contribution in [3.05, 3.63) is 53.9 Å². The largest absolute Gasteiger partial charge is 0.497 e. The van der Waals surface area contributed by atoms with Crippen LogP contribution in [0.15, 0.2) is 47.1 Å². The molecule has 0 atom stereocenters. The van der Waals surface area contributed by atoms with E-state index in [-0.39, 0.29) is 5.78 Å². The van der Waals surface area contributed by atoms with Crippen molar-refractivity contribution in [1.82, 2.24) is 5.16 Å². The van der Waals surface area contributed by atoms with Gasteiger partial charge in [-0.25, -0.2) is 0 Å². The molecular weight excluding hydrogens is 244 g/mol. The lowest BCUT2D eigenvalue weighted by Crippen LogP contribution is -1.96. The van der Waals surface area contributed by atoms with Gasteiger partial charge in [0, 0.05) is 23.9 Å². The number of carbonyl (C=O) groups is 1. The summed E-state index contributed by atoms with van der Waals surface area (Å²) in [4.78, 5) is 11.8. The van der Waals surface area contributed by atoms with Crippen molar-refractivity contribution in [2.75, 3.05) is 12.4 Å². The van der Waals surface area contributed by atoms with Gasteiger partial charge in [-0.2, -0.15) is 0 Å². The molecule has 0 amide bonds. The zero-order chi connectivity index (χ0) is 13.7. The van der Waals surface area contributed by atoms with Crippen molar-refractivity contribution in [3.8, 4) is 5.75 Å². The van der Waals surface area contributed by atoms with Gasteiger partial charge in [0.1, 0.15) is 11.5 Å². The molecule has 2 aromatic rings. The molecule has 2 rings (SSSR count). The number of rotatable bonds is 5. The van der Waals surface area contributed by atoms with Gasteiger partial charge >= 0.3 is 0 Å². The van der Waals surface area contributed by atoms with Gasteiger partial charge < -0.3 is 14.6 Å².